The van der Waals surface area contributed by atoms with Crippen LogP contribution in [0.4, 0.5) is 0 Å². The van der Waals surface area contributed by atoms with Crippen molar-refractivity contribution in [2.75, 3.05) is 13.1 Å². The Hall–Kier alpha value is -1.61. The molecule has 18 heavy (non-hydrogen) atoms. The fraction of sp³-hybridized carbons (Fsp3) is 0.286. The van der Waals surface area contributed by atoms with Gasteiger partial charge in [-0.05, 0) is 25.0 Å². The van der Waals surface area contributed by atoms with E-state index in [1.807, 2.05) is 29.2 Å². The molecule has 1 aromatic heterocycles. The SMILES string of the molecule is O=C(c1cc(Cl)c2ccccc2n1)N1CCCC1. The molecule has 0 unspecified atom stereocenters. The van der Waals surface area contributed by atoms with E-state index < -0.39 is 0 Å². The number of amides is 1. The van der Waals surface area contributed by atoms with E-state index in [0.717, 1.165) is 36.8 Å². The highest BCUT2D eigenvalue weighted by Crippen LogP contribution is 2.24. The van der Waals surface area contributed by atoms with E-state index in [1.165, 1.54) is 0 Å². The Bertz CT molecular complexity index is 606. The summed E-state index contributed by atoms with van der Waals surface area (Å²) in [6.07, 6.45) is 2.15. The molecule has 0 radical (unpaired) electrons. The summed E-state index contributed by atoms with van der Waals surface area (Å²) in [5, 5.41) is 1.47. The van der Waals surface area contributed by atoms with Crippen molar-refractivity contribution in [2.24, 2.45) is 0 Å². The van der Waals surface area contributed by atoms with Gasteiger partial charge in [0, 0.05) is 18.5 Å². The van der Waals surface area contributed by atoms with Gasteiger partial charge in [0.1, 0.15) is 5.69 Å². The van der Waals surface area contributed by atoms with Gasteiger partial charge in [-0.25, -0.2) is 4.98 Å². The fourth-order valence-electron chi connectivity index (χ4n) is 2.32. The summed E-state index contributed by atoms with van der Waals surface area (Å²) in [4.78, 5) is 18.5. The van der Waals surface area contributed by atoms with Crippen LogP contribution in [0.25, 0.3) is 10.9 Å². The van der Waals surface area contributed by atoms with Gasteiger partial charge in [-0.2, -0.15) is 0 Å². The summed E-state index contributed by atoms with van der Waals surface area (Å²) >= 11 is 6.20. The van der Waals surface area contributed by atoms with Gasteiger partial charge in [0.2, 0.25) is 0 Å². The number of aromatic nitrogens is 1. The summed E-state index contributed by atoms with van der Waals surface area (Å²) < 4.78 is 0. The molecule has 0 bridgehead atoms. The van der Waals surface area contributed by atoms with Crippen molar-refractivity contribution in [3.8, 4) is 0 Å². The number of carbonyl (C=O) groups is 1. The molecule has 2 heterocycles. The van der Waals surface area contributed by atoms with Gasteiger partial charge in [0.15, 0.2) is 0 Å². The highest BCUT2D eigenvalue weighted by atomic mass is 35.5. The number of likely N-dealkylation sites (tertiary alicyclic amines) is 1. The van der Waals surface area contributed by atoms with Crippen LogP contribution in [0.5, 0.6) is 0 Å². The zero-order chi connectivity index (χ0) is 12.5. The maximum atomic E-state index is 12.2. The van der Waals surface area contributed by atoms with Crippen LogP contribution in [0.2, 0.25) is 5.02 Å². The zero-order valence-electron chi connectivity index (χ0n) is 9.90. The molecule has 0 N–H and O–H groups in total. The van der Waals surface area contributed by atoms with Gasteiger partial charge >= 0.3 is 0 Å². The Morgan fingerprint density at radius 3 is 2.72 bits per heavy atom. The lowest BCUT2D eigenvalue weighted by Crippen LogP contribution is -2.28. The Balaban J connectivity index is 2.04. The predicted molar refractivity (Wildman–Crippen MR) is 71.9 cm³/mol. The van der Waals surface area contributed by atoms with Gasteiger partial charge < -0.3 is 4.90 Å². The normalized spacial score (nSPS) is 15.3. The van der Waals surface area contributed by atoms with Gasteiger partial charge in [0.05, 0.1) is 10.5 Å². The molecule has 4 heteroatoms. The maximum absolute atomic E-state index is 12.2. The highest BCUT2D eigenvalue weighted by molar-refractivity contribution is 6.35. The van der Waals surface area contributed by atoms with E-state index >= 15 is 0 Å². The second kappa shape index (κ2) is 4.58. The van der Waals surface area contributed by atoms with Crippen molar-refractivity contribution in [3.63, 3.8) is 0 Å². The molecule has 1 amide bonds. The molecule has 92 valence electrons. The van der Waals surface area contributed by atoms with Crippen LogP contribution in [0.3, 0.4) is 0 Å². The molecule has 3 rings (SSSR count). The number of hydrogen-bond acceptors (Lipinski definition) is 2. The van der Waals surface area contributed by atoms with E-state index in [-0.39, 0.29) is 5.91 Å². The average Bonchev–Trinajstić information content (AvgIpc) is 2.91. The number of benzene rings is 1. The molecule has 1 fully saturated rings. The second-order valence-electron chi connectivity index (χ2n) is 4.51. The van der Waals surface area contributed by atoms with Crippen LogP contribution in [0.15, 0.2) is 30.3 Å². The molecule has 3 nitrogen and oxygen atoms in total. The molecular formula is C14H13ClN2O. The number of fused-ring (bicyclic) bond motifs is 1. The minimum absolute atomic E-state index is 0.0137. The third kappa shape index (κ3) is 1.95. The van der Waals surface area contributed by atoms with E-state index in [1.54, 1.807) is 6.07 Å². The first-order valence-corrected chi connectivity index (χ1v) is 6.48. The molecule has 1 saturated heterocycles. The summed E-state index contributed by atoms with van der Waals surface area (Å²) in [7, 11) is 0. The van der Waals surface area contributed by atoms with E-state index in [9.17, 15) is 4.79 Å². The molecule has 1 aromatic carbocycles. The largest absolute Gasteiger partial charge is 0.337 e. The monoisotopic (exact) mass is 260 g/mol. The molecule has 0 saturated carbocycles. The number of para-hydroxylation sites is 1. The summed E-state index contributed by atoms with van der Waals surface area (Å²) in [5.74, 6) is -0.0137. The topological polar surface area (TPSA) is 33.2 Å². The van der Waals surface area contributed by atoms with Gasteiger partial charge in [-0.1, -0.05) is 29.8 Å². The molecule has 0 atom stereocenters. The van der Waals surface area contributed by atoms with Crippen LogP contribution < -0.4 is 0 Å². The standard InChI is InChI=1S/C14H13ClN2O/c15-11-9-13(14(18)17-7-3-4-8-17)16-12-6-2-1-5-10(11)12/h1-2,5-6,9H,3-4,7-8H2. The van der Waals surface area contributed by atoms with E-state index in [2.05, 4.69) is 4.98 Å². The minimum Gasteiger partial charge on any atom is -0.337 e. The van der Waals surface area contributed by atoms with Crippen LogP contribution >= 0.6 is 11.6 Å². The number of carbonyl (C=O) groups excluding carboxylic acids is 1. The third-order valence-electron chi connectivity index (χ3n) is 3.28. The van der Waals surface area contributed by atoms with Crippen molar-refractivity contribution in [2.45, 2.75) is 12.8 Å². The maximum Gasteiger partial charge on any atom is 0.272 e. The molecule has 0 spiro atoms. The molecule has 1 aliphatic rings. The molecule has 0 aliphatic carbocycles. The quantitative estimate of drug-likeness (QED) is 0.789. The van der Waals surface area contributed by atoms with E-state index in [0.29, 0.717) is 10.7 Å². The van der Waals surface area contributed by atoms with Crippen molar-refractivity contribution in [3.05, 3.63) is 41.0 Å². The molecule has 1 aliphatic heterocycles. The number of halogens is 1. The molecular weight excluding hydrogens is 248 g/mol. The van der Waals surface area contributed by atoms with Crippen LogP contribution in [-0.2, 0) is 0 Å². The lowest BCUT2D eigenvalue weighted by Gasteiger charge is -2.15. The summed E-state index contributed by atoms with van der Waals surface area (Å²) in [6, 6.07) is 9.27. The fourth-order valence-corrected chi connectivity index (χ4v) is 2.59. The average molecular weight is 261 g/mol. The predicted octanol–water partition coefficient (Wildman–Crippen LogP) is 3.12. The van der Waals surface area contributed by atoms with E-state index in [4.69, 9.17) is 11.6 Å². The highest BCUT2D eigenvalue weighted by Gasteiger charge is 2.21. The van der Waals surface area contributed by atoms with Crippen LogP contribution in [-0.4, -0.2) is 28.9 Å². The number of nitrogens with zero attached hydrogens (tertiary/aromatic N) is 2. The minimum atomic E-state index is -0.0137. The summed E-state index contributed by atoms with van der Waals surface area (Å²) in [5.41, 5.74) is 1.22. The first kappa shape index (κ1) is 11.5. The number of hydrogen-bond donors (Lipinski definition) is 0. The zero-order valence-corrected chi connectivity index (χ0v) is 10.7. The second-order valence-corrected chi connectivity index (χ2v) is 4.91. The first-order valence-electron chi connectivity index (χ1n) is 6.10. The van der Waals surface area contributed by atoms with Gasteiger partial charge in [-0.3, -0.25) is 4.79 Å². The van der Waals surface area contributed by atoms with Gasteiger partial charge in [0.25, 0.3) is 5.91 Å². The smallest absolute Gasteiger partial charge is 0.272 e. The Labute approximate surface area is 110 Å². The first-order chi connectivity index (χ1) is 8.75. The van der Waals surface area contributed by atoms with Gasteiger partial charge in [-0.15, -0.1) is 0 Å². The Morgan fingerprint density at radius 2 is 1.94 bits per heavy atom. The number of pyridine rings is 1. The Morgan fingerprint density at radius 1 is 1.22 bits per heavy atom. The van der Waals surface area contributed by atoms with Crippen molar-refractivity contribution < 1.29 is 4.79 Å². The number of rotatable bonds is 1. The van der Waals surface area contributed by atoms with Crippen molar-refractivity contribution in [1.82, 2.24) is 9.88 Å². The van der Waals surface area contributed by atoms with Crippen molar-refractivity contribution in [1.29, 1.82) is 0 Å². The Kier molecular flexibility index (Phi) is 2.92. The lowest BCUT2D eigenvalue weighted by atomic mass is 10.2. The lowest BCUT2D eigenvalue weighted by molar-refractivity contribution is 0.0787. The molecule has 2 aromatic rings. The van der Waals surface area contributed by atoms with Crippen LogP contribution in [0, 0.1) is 0 Å². The van der Waals surface area contributed by atoms with Crippen LogP contribution in [0.1, 0.15) is 23.3 Å². The summed E-state index contributed by atoms with van der Waals surface area (Å²) in [6.45, 7) is 1.65. The third-order valence-corrected chi connectivity index (χ3v) is 3.59. The van der Waals surface area contributed by atoms with Crippen molar-refractivity contribution >= 4 is 28.4 Å².